The van der Waals surface area contributed by atoms with Crippen molar-refractivity contribution in [1.82, 2.24) is 4.90 Å². The molecule has 6 heteroatoms. The van der Waals surface area contributed by atoms with Gasteiger partial charge in [0.25, 0.3) is 0 Å². The maximum absolute atomic E-state index is 12.3. The lowest BCUT2D eigenvalue weighted by Crippen LogP contribution is -2.53. The van der Waals surface area contributed by atoms with Crippen molar-refractivity contribution in [3.8, 4) is 0 Å². The van der Waals surface area contributed by atoms with Gasteiger partial charge in [-0.15, -0.1) is 0 Å². The topological polar surface area (TPSA) is 59.0 Å². The summed E-state index contributed by atoms with van der Waals surface area (Å²) in [6.07, 6.45) is 1.22. The summed E-state index contributed by atoms with van der Waals surface area (Å²) in [5, 5.41) is 9.85. The van der Waals surface area contributed by atoms with Crippen LogP contribution in [0.3, 0.4) is 0 Å². The Hall–Kier alpha value is -0.593. The summed E-state index contributed by atoms with van der Waals surface area (Å²) >= 11 is 0. The van der Waals surface area contributed by atoms with Crippen molar-refractivity contribution in [3.63, 3.8) is 0 Å². The van der Waals surface area contributed by atoms with E-state index in [0.717, 1.165) is 6.42 Å². The maximum Gasteiger partial charge on any atom is 0.410 e. The number of likely N-dealkylation sites (tertiary alicyclic amines) is 1. The largest absolute Gasteiger partial charge is 0.444 e. The zero-order valence-corrected chi connectivity index (χ0v) is 17.1. The van der Waals surface area contributed by atoms with E-state index in [1.165, 1.54) is 0 Å². The molecule has 0 aromatic carbocycles. The van der Waals surface area contributed by atoms with Crippen molar-refractivity contribution >= 4 is 14.4 Å². The summed E-state index contributed by atoms with van der Waals surface area (Å²) < 4.78 is 11.9. The number of hydrogen-bond donors (Lipinski definition) is 1. The Kier molecular flexibility index (Phi) is 6.32. The second-order valence-corrected chi connectivity index (χ2v) is 13.8. The molecule has 0 bridgehead atoms. The molecule has 0 spiro atoms. The van der Waals surface area contributed by atoms with Crippen LogP contribution in [0.1, 0.15) is 54.4 Å². The van der Waals surface area contributed by atoms with E-state index in [2.05, 4.69) is 33.9 Å². The molecule has 23 heavy (non-hydrogen) atoms. The van der Waals surface area contributed by atoms with Crippen LogP contribution in [0.4, 0.5) is 4.79 Å². The van der Waals surface area contributed by atoms with Crippen molar-refractivity contribution < 1.29 is 19.1 Å². The number of hydrogen-bond acceptors (Lipinski definition) is 4. The highest BCUT2D eigenvalue weighted by molar-refractivity contribution is 6.74. The van der Waals surface area contributed by atoms with Crippen LogP contribution in [-0.4, -0.2) is 55.3 Å². The zero-order chi connectivity index (χ0) is 18.1. The SMILES string of the molecule is CC(C)(C)OC(=O)N1CC[C@@H](O[Si](C)(C)C(C)(C)C)C[C@@H]1CO. The van der Waals surface area contributed by atoms with Gasteiger partial charge in [-0.3, -0.25) is 0 Å². The summed E-state index contributed by atoms with van der Waals surface area (Å²) in [5.41, 5.74) is -0.522. The lowest BCUT2D eigenvalue weighted by Gasteiger charge is -2.44. The highest BCUT2D eigenvalue weighted by Crippen LogP contribution is 2.39. The molecule has 0 unspecified atom stereocenters. The van der Waals surface area contributed by atoms with Crippen molar-refractivity contribution in [2.75, 3.05) is 13.2 Å². The average Bonchev–Trinajstić information content (AvgIpc) is 2.34. The van der Waals surface area contributed by atoms with Crippen LogP contribution in [0.25, 0.3) is 0 Å². The molecular formula is C17H35NO4Si. The van der Waals surface area contributed by atoms with Gasteiger partial charge in [-0.2, -0.15) is 0 Å². The van der Waals surface area contributed by atoms with Crippen LogP contribution in [0.5, 0.6) is 0 Å². The van der Waals surface area contributed by atoms with E-state index < -0.39 is 13.9 Å². The van der Waals surface area contributed by atoms with Crippen molar-refractivity contribution in [1.29, 1.82) is 0 Å². The smallest absolute Gasteiger partial charge is 0.410 e. The second kappa shape index (κ2) is 7.11. The van der Waals surface area contributed by atoms with Crippen molar-refractivity contribution in [3.05, 3.63) is 0 Å². The summed E-state index contributed by atoms with van der Waals surface area (Å²) in [6.45, 7) is 17.2. The van der Waals surface area contributed by atoms with Gasteiger partial charge in [0.15, 0.2) is 8.32 Å². The lowest BCUT2D eigenvalue weighted by atomic mass is 10.0. The molecule has 1 aliphatic rings. The third-order valence-electron chi connectivity index (χ3n) is 4.77. The highest BCUT2D eigenvalue weighted by Gasteiger charge is 2.42. The molecule has 1 amide bonds. The van der Waals surface area contributed by atoms with Gasteiger partial charge in [-0.25, -0.2) is 4.79 Å². The Balaban J connectivity index is 2.71. The molecule has 0 aromatic rings. The van der Waals surface area contributed by atoms with Crippen LogP contribution < -0.4 is 0 Å². The lowest BCUT2D eigenvalue weighted by molar-refractivity contribution is -0.0163. The fourth-order valence-corrected chi connectivity index (χ4v) is 3.85. The predicted molar refractivity (Wildman–Crippen MR) is 95.1 cm³/mol. The minimum Gasteiger partial charge on any atom is -0.444 e. The number of ether oxygens (including phenoxy) is 1. The molecule has 1 fully saturated rings. The Morgan fingerprint density at radius 2 is 1.78 bits per heavy atom. The minimum atomic E-state index is -1.84. The molecule has 136 valence electrons. The van der Waals surface area contributed by atoms with Gasteiger partial charge in [0.2, 0.25) is 0 Å². The first-order valence-corrected chi connectivity index (χ1v) is 11.5. The number of amides is 1. The third kappa shape index (κ3) is 5.76. The predicted octanol–water partition coefficient (Wildman–Crippen LogP) is 3.77. The van der Waals surface area contributed by atoms with Gasteiger partial charge in [0, 0.05) is 12.6 Å². The van der Waals surface area contributed by atoms with Gasteiger partial charge in [-0.1, -0.05) is 20.8 Å². The van der Waals surface area contributed by atoms with Crippen LogP contribution in [0.15, 0.2) is 0 Å². The Bertz CT molecular complexity index is 412. The van der Waals surface area contributed by atoms with Gasteiger partial charge in [-0.05, 0) is 51.7 Å². The van der Waals surface area contributed by atoms with Crippen molar-refractivity contribution in [2.24, 2.45) is 0 Å². The first-order chi connectivity index (χ1) is 10.3. The zero-order valence-electron chi connectivity index (χ0n) is 16.1. The summed E-state index contributed by atoms with van der Waals surface area (Å²) in [4.78, 5) is 13.9. The number of aliphatic hydroxyl groups excluding tert-OH is 1. The number of rotatable bonds is 3. The number of carbonyl (C=O) groups is 1. The fraction of sp³-hybridized carbons (Fsp3) is 0.941. The standard InChI is InChI=1S/C17H35NO4Si/c1-16(2,3)21-15(20)18-10-9-14(11-13(18)12-19)22-23(7,8)17(4,5)6/h13-14,19H,9-12H2,1-8H3/t13-,14-/m1/s1. The van der Waals surface area contributed by atoms with Crippen LogP contribution >= 0.6 is 0 Å². The molecule has 1 saturated heterocycles. The van der Waals surface area contributed by atoms with E-state index in [0.29, 0.717) is 13.0 Å². The molecule has 1 rings (SSSR count). The summed E-state index contributed by atoms with van der Waals surface area (Å²) in [5.74, 6) is 0. The normalized spacial score (nSPS) is 23.8. The molecule has 1 N–H and O–H groups in total. The number of carbonyl (C=O) groups excluding carboxylic acids is 1. The molecule has 1 aliphatic heterocycles. The van der Waals surface area contributed by atoms with Gasteiger partial charge >= 0.3 is 6.09 Å². The Labute approximate surface area is 142 Å². The minimum absolute atomic E-state index is 0.0589. The molecule has 0 aromatic heterocycles. The Morgan fingerprint density at radius 1 is 1.22 bits per heavy atom. The van der Waals surface area contributed by atoms with Crippen LogP contribution in [0.2, 0.25) is 18.1 Å². The molecule has 1 heterocycles. The quantitative estimate of drug-likeness (QED) is 0.791. The van der Waals surface area contributed by atoms with E-state index >= 15 is 0 Å². The van der Waals surface area contributed by atoms with Crippen LogP contribution in [-0.2, 0) is 9.16 Å². The monoisotopic (exact) mass is 345 g/mol. The highest BCUT2D eigenvalue weighted by atomic mass is 28.4. The first kappa shape index (κ1) is 20.5. The number of aliphatic hydroxyl groups is 1. The van der Waals surface area contributed by atoms with Gasteiger partial charge < -0.3 is 19.2 Å². The van der Waals surface area contributed by atoms with Gasteiger partial charge in [0.05, 0.1) is 12.6 Å². The second-order valence-electron chi connectivity index (χ2n) is 9.03. The molecule has 0 saturated carbocycles. The fourth-order valence-electron chi connectivity index (χ4n) is 2.45. The maximum atomic E-state index is 12.3. The molecular weight excluding hydrogens is 310 g/mol. The summed E-state index contributed by atoms with van der Waals surface area (Å²) in [6, 6.07) is -0.228. The Morgan fingerprint density at radius 3 is 2.22 bits per heavy atom. The van der Waals surface area contributed by atoms with E-state index in [4.69, 9.17) is 9.16 Å². The first-order valence-electron chi connectivity index (χ1n) is 8.55. The molecule has 2 atom stereocenters. The molecule has 5 nitrogen and oxygen atoms in total. The van der Waals surface area contributed by atoms with E-state index in [9.17, 15) is 9.90 Å². The molecule has 0 radical (unpaired) electrons. The number of piperidine rings is 1. The average molecular weight is 346 g/mol. The van der Waals surface area contributed by atoms with E-state index in [-0.39, 0.29) is 29.9 Å². The van der Waals surface area contributed by atoms with Crippen LogP contribution in [0, 0.1) is 0 Å². The van der Waals surface area contributed by atoms with E-state index in [1.807, 2.05) is 20.8 Å². The number of nitrogens with zero attached hydrogens (tertiary/aromatic N) is 1. The summed E-state index contributed by atoms with van der Waals surface area (Å²) in [7, 11) is -1.84. The van der Waals surface area contributed by atoms with Gasteiger partial charge in [0.1, 0.15) is 5.60 Å². The molecule has 0 aliphatic carbocycles. The third-order valence-corrected chi connectivity index (χ3v) is 9.31. The van der Waals surface area contributed by atoms with E-state index in [1.54, 1.807) is 4.90 Å². The van der Waals surface area contributed by atoms with Crippen molar-refractivity contribution in [2.45, 2.75) is 90.3 Å².